The Morgan fingerprint density at radius 1 is 1.14 bits per heavy atom. The molecule has 0 saturated heterocycles. The third kappa shape index (κ3) is 2.41. The highest BCUT2D eigenvalue weighted by atomic mass is 19.4. The first-order chi connectivity index (χ1) is 10.4. The van der Waals surface area contributed by atoms with Gasteiger partial charge in [0.2, 0.25) is 0 Å². The Labute approximate surface area is 120 Å². The lowest BCUT2D eigenvalue weighted by Crippen LogP contribution is -2.35. The predicted molar refractivity (Wildman–Crippen MR) is 71.5 cm³/mol. The molecule has 1 aromatic carbocycles. The average Bonchev–Trinajstić information content (AvgIpc) is 2.91. The summed E-state index contributed by atoms with van der Waals surface area (Å²) in [4.78, 5) is 32.8. The molecule has 0 fully saturated rings. The molecule has 0 aliphatic rings. The third-order valence-electron chi connectivity index (χ3n) is 3.19. The van der Waals surface area contributed by atoms with E-state index in [4.69, 9.17) is 0 Å². The van der Waals surface area contributed by atoms with Gasteiger partial charge in [-0.15, -0.1) is 0 Å². The van der Waals surface area contributed by atoms with Gasteiger partial charge in [0.1, 0.15) is 5.52 Å². The standard InChI is InChI=1S/C13H9F3N4O2/c14-13(15,16)8-3-1-7(2-4-8)5-20-11(21)9-10(18-6-17-9)19-12(20)22/h1-4,6H,5H2,(H,17,18)(H,19,22). The van der Waals surface area contributed by atoms with Gasteiger partial charge in [-0.25, -0.2) is 9.78 Å². The summed E-state index contributed by atoms with van der Waals surface area (Å²) in [5.74, 6) is 0. The molecule has 0 unspecified atom stereocenters. The highest BCUT2D eigenvalue weighted by Gasteiger charge is 2.29. The number of alkyl halides is 3. The van der Waals surface area contributed by atoms with Gasteiger partial charge >= 0.3 is 11.9 Å². The molecule has 0 aliphatic carbocycles. The monoisotopic (exact) mass is 310 g/mol. The van der Waals surface area contributed by atoms with Crippen molar-refractivity contribution in [1.29, 1.82) is 0 Å². The third-order valence-corrected chi connectivity index (χ3v) is 3.19. The summed E-state index contributed by atoms with van der Waals surface area (Å²) in [7, 11) is 0. The van der Waals surface area contributed by atoms with Gasteiger partial charge in [-0.05, 0) is 17.7 Å². The maximum atomic E-state index is 12.5. The number of nitrogens with one attached hydrogen (secondary N) is 2. The summed E-state index contributed by atoms with van der Waals surface area (Å²) in [6.45, 7) is -0.138. The zero-order valence-electron chi connectivity index (χ0n) is 10.9. The van der Waals surface area contributed by atoms with E-state index in [0.717, 1.165) is 16.7 Å². The number of H-pyrrole nitrogens is 2. The van der Waals surface area contributed by atoms with Crippen LogP contribution in [0.25, 0.3) is 11.2 Å². The van der Waals surface area contributed by atoms with Gasteiger partial charge in [0.15, 0.2) is 5.65 Å². The van der Waals surface area contributed by atoms with Crippen LogP contribution in [0.1, 0.15) is 11.1 Å². The maximum absolute atomic E-state index is 12.5. The van der Waals surface area contributed by atoms with Gasteiger partial charge in [0.25, 0.3) is 5.56 Å². The minimum absolute atomic E-state index is 0.131. The van der Waals surface area contributed by atoms with E-state index in [2.05, 4.69) is 15.0 Å². The first kappa shape index (κ1) is 14.1. The van der Waals surface area contributed by atoms with E-state index in [1.165, 1.54) is 18.5 Å². The van der Waals surface area contributed by atoms with Crippen LogP contribution in [0.15, 0.2) is 40.2 Å². The zero-order valence-corrected chi connectivity index (χ0v) is 10.9. The van der Waals surface area contributed by atoms with E-state index in [9.17, 15) is 22.8 Å². The molecule has 0 aliphatic heterocycles. The van der Waals surface area contributed by atoms with E-state index >= 15 is 0 Å². The maximum Gasteiger partial charge on any atom is 0.416 e. The fraction of sp³-hybridized carbons (Fsp3) is 0.154. The predicted octanol–water partition coefficient (Wildman–Crippen LogP) is 1.48. The second-order valence-electron chi connectivity index (χ2n) is 4.64. The second-order valence-corrected chi connectivity index (χ2v) is 4.64. The van der Waals surface area contributed by atoms with Crippen molar-refractivity contribution in [3.05, 3.63) is 62.6 Å². The number of nitrogens with zero attached hydrogens (tertiary/aromatic N) is 2. The van der Waals surface area contributed by atoms with Crippen LogP contribution < -0.4 is 11.2 Å². The molecular weight excluding hydrogens is 301 g/mol. The van der Waals surface area contributed by atoms with E-state index in [0.29, 0.717) is 5.56 Å². The fourth-order valence-electron chi connectivity index (χ4n) is 2.07. The molecule has 2 aromatic heterocycles. The van der Waals surface area contributed by atoms with E-state index in [1.807, 2.05) is 0 Å². The number of imidazole rings is 1. The molecule has 6 nitrogen and oxygen atoms in total. The fourth-order valence-corrected chi connectivity index (χ4v) is 2.07. The zero-order chi connectivity index (χ0) is 15.9. The van der Waals surface area contributed by atoms with Gasteiger partial charge in [-0.1, -0.05) is 12.1 Å². The molecule has 114 valence electrons. The Kier molecular flexibility index (Phi) is 3.12. The molecule has 2 heterocycles. The summed E-state index contributed by atoms with van der Waals surface area (Å²) in [5, 5.41) is 0. The van der Waals surface area contributed by atoms with Gasteiger partial charge in [-0.3, -0.25) is 14.3 Å². The first-order valence-electron chi connectivity index (χ1n) is 6.18. The number of rotatable bonds is 2. The van der Waals surface area contributed by atoms with Crippen molar-refractivity contribution in [2.45, 2.75) is 12.7 Å². The Balaban J connectivity index is 2.00. The highest BCUT2D eigenvalue weighted by Crippen LogP contribution is 2.29. The van der Waals surface area contributed by atoms with Crippen molar-refractivity contribution >= 4 is 11.2 Å². The van der Waals surface area contributed by atoms with Gasteiger partial charge in [0.05, 0.1) is 18.4 Å². The van der Waals surface area contributed by atoms with E-state index in [-0.39, 0.29) is 17.7 Å². The lowest BCUT2D eigenvalue weighted by Gasteiger charge is -2.08. The van der Waals surface area contributed by atoms with Gasteiger partial charge in [0, 0.05) is 0 Å². The molecule has 3 rings (SSSR count). The molecule has 9 heteroatoms. The average molecular weight is 310 g/mol. The lowest BCUT2D eigenvalue weighted by atomic mass is 10.1. The van der Waals surface area contributed by atoms with Crippen LogP contribution in [-0.2, 0) is 12.7 Å². The molecule has 0 atom stereocenters. The molecule has 0 saturated carbocycles. The Hall–Kier alpha value is -2.84. The second kappa shape index (κ2) is 4.86. The Bertz CT molecular complexity index is 935. The van der Waals surface area contributed by atoms with Crippen molar-refractivity contribution in [3.63, 3.8) is 0 Å². The SMILES string of the molecule is O=c1[nH]c2nc[nH]c2c(=O)n1Cc1ccc(C(F)(F)F)cc1. The normalized spacial score (nSPS) is 12.0. The van der Waals surface area contributed by atoms with Crippen LogP contribution in [0, 0.1) is 0 Å². The quantitative estimate of drug-likeness (QED) is 0.752. The highest BCUT2D eigenvalue weighted by molar-refractivity contribution is 5.67. The summed E-state index contributed by atoms with van der Waals surface area (Å²) < 4.78 is 38.4. The summed E-state index contributed by atoms with van der Waals surface area (Å²) >= 11 is 0. The molecular formula is C13H9F3N4O2. The Morgan fingerprint density at radius 2 is 1.82 bits per heavy atom. The van der Waals surface area contributed by atoms with Crippen LogP contribution in [0.5, 0.6) is 0 Å². The van der Waals surface area contributed by atoms with Crippen LogP contribution in [0.4, 0.5) is 13.2 Å². The van der Waals surface area contributed by atoms with Crippen molar-refractivity contribution in [2.75, 3.05) is 0 Å². The molecule has 0 radical (unpaired) electrons. The van der Waals surface area contributed by atoms with Crippen molar-refractivity contribution < 1.29 is 13.2 Å². The largest absolute Gasteiger partial charge is 0.416 e. The van der Waals surface area contributed by atoms with Crippen molar-refractivity contribution in [1.82, 2.24) is 19.5 Å². The number of aromatic amines is 2. The number of halogens is 3. The molecule has 0 bridgehead atoms. The van der Waals surface area contributed by atoms with Crippen LogP contribution in [0.2, 0.25) is 0 Å². The number of hydrogen-bond donors (Lipinski definition) is 2. The summed E-state index contributed by atoms with van der Waals surface area (Å²) in [6, 6.07) is 4.27. The summed E-state index contributed by atoms with van der Waals surface area (Å²) in [5.41, 5.74) is -1.38. The lowest BCUT2D eigenvalue weighted by molar-refractivity contribution is -0.137. The molecule has 3 aromatic rings. The minimum Gasteiger partial charge on any atom is -0.339 e. The topological polar surface area (TPSA) is 83.5 Å². The van der Waals surface area contributed by atoms with Gasteiger partial charge in [-0.2, -0.15) is 13.2 Å². The number of benzene rings is 1. The Morgan fingerprint density at radius 3 is 2.45 bits per heavy atom. The molecule has 2 N–H and O–H groups in total. The van der Waals surface area contributed by atoms with Crippen molar-refractivity contribution in [2.24, 2.45) is 0 Å². The van der Waals surface area contributed by atoms with E-state index < -0.39 is 23.0 Å². The van der Waals surface area contributed by atoms with E-state index in [1.54, 1.807) is 0 Å². The molecule has 22 heavy (non-hydrogen) atoms. The number of hydrogen-bond acceptors (Lipinski definition) is 3. The molecule has 0 amide bonds. The van der Waals surface area contributed by atoms with Crippen LogP contribution in [-0.4, -0.2) is 19.5 Å². The number of aromatic nitrogens is 4. The number of fused-ring (bicyclic) bond motifs is 1. The smallest absolute Gasteiger partial charge is 0.339 e. The minimum atomic E-state index is -4.43. The van der Waals surface area contributed by atoms with Gasteiger partial charge < -0.3 is 4.98 Å². The van der Waals surface area contributed by atoms with Crippen LogP contribution in [0.3, 0.4) is 0 Å². The summed E-state index contributed by atoms with van der Waals surface area (Å²) in [6.07, 6.45) is -3.16. The molecule has 0 spiro atoms. The van der Waals surface area contributed by atoms with Crippen molar-refractivity contribution in [3.8, 4) is 0 Å². The van der Waals surface area contributed by atoms with Crippen LogP contribution >= 0.6 is 0 Å². The first-order valence-corrected chi connectivity index (χ1v) is 6.18.